The zero-order valence-corrected chi connectivity index (χ0v) is 53.6. The number of ether oxygens (including phenoxy) is 7. The molecule has 1 aromatic rings. The van der Waals surface area contributed by atoms with Gasteiger partial charge in [0.05, 0.1) is 56.4 Å². The topological polar surface area (TPSA) is 306 Å². The molecular formula is C57H104N10O17. The third-order valence-corrected chi connectivity index (χ3v) is 9.72. The summed E-state index contributed by atoms with van der Waals surface area (Å²) in [4.78, 5) is 108. The van der Waals surface area contributed by atoms with E-state index in [9.17, 15) is 33.6 Å². The van der Waals surface area contributed by atoms with E-state index in [2.05, 4.69) is 37.2 Å². The lowest BCUT2D eigenvalue weighted by atomic mass is 10.0. The molecule has 0 radical (unpaired) electrons. The third kappa shape index (κ3) is 41.4. The Morgan fingerprint density at radius 1 is 0.405 bits per heavy atom. The Balaban J connectivity index is 3.12. The summed E-state index contributed by atoms with van der Waals surface area (Å²) in [5.41, 5.74) is -5.06. The second kappa shape index (κ2) is 37.0. The summed E-state index contributed by atoms with van der Waals surface area (Å²) >= 11 is 0. The van der Waals surface area contributed by atoms with Crippen LogP contribution < -0.4 is 37.2 Å². The van der Waals surface area contributed by atoms with E-state index in [0.29, 0.717) is 0 Å². The van der Waals surface area contributed by atoms with Crippen LogP contribution in [0.25, 0.3) is 0 Å². The van der Waals surface area contributed by atoms with Crippen molar-refractivity contribution in [3.8, 4) is 0 Å². The van der Waals surface area contributed by atoms with Crippen molar-refractivity contribution in [1.82, 2.24) is 52.4 Å². The monoisotopic (exact) mass is 1200 g/mol. The van der Waals surface area contributed by atoms with Gasteiger partial charge in [0.15, 0.2) is 0 Å². The van der Waals surface area contributed by atoms with Gasteiger partial charge in [-0.1, -0.05) is 30.3 Å². The fourth-order valence-corrected chi connectivity index (χ4v) is 6.52. The summed E-state index contributed by atoms with van der Waals surface area (Å²) in [5, 5.41) is 23.7. The van der Waals surface area contributed by atoms with Gasteiger partial charge in [-0.2, -0.15) is 15.2 Å². The highest BCUT2D eigenvalue weighted by Gasteiger charge is 2.36. The van der Waals surface area contributed by atoms with Crippen LogP contribution in [0.3, 0.4) is 0 Å². The maximum Gasteiger partial charge on any atom is 0.435 e. The Morgan fingerprint density at radius 3 is 0.976 bits per heavy atom. The van der Waals surface area contributed by atoms with Gasteiger partial charge in [-0.25, -0.2) is 19.2 Å². The van der Waals surface area contributed by atoms with E-state index in [1.807, 2.05) is 6.07 Å². The number of benzene rings is 1. The van der Waals surface area contributed by atoms with E-state index in [-0.39, 0.29) is 143 Å². The first kappa shape index (κ1) is 76.4. The molecule has 0 heterocycles. The molecule has 0 aromatic heterocycles. The SMILES string of the molecule is CC(C)(C)OC(=O)N(CNCCNC(=O)CCOCC(COCCC(=O)NCCNCN(OC(C)(C)C)C(=O)OC(C)(C)C)(COCCC(=O)NCCNCN(OC(C)(C)C)C(=O)OC(C)(C)C)NC(=O)OCc1ccccc1)OC(C)(C)C. The van der Waals surface area contributed by atoms with E-state index in [4.69, 9.17) is 47.7 Å². The van der Waals surface area contributed by atoms with Gasteiger partial charge in [0.1, 0.15) is 49.0 Å². The van der Waals surface area contributed by atoms with Crippen LogP contribution in [0.4, 0.5) is 19.2 Å². The lowest BCUT2D eigenvalue weighted by Crippen LogP contribution is -2.59. The number of alkyl carbamates (subject to hydrolysis) is 1. The lowest BCUT2D eigenvalue weighted by molar-refractivity contribution is -0.213. The molecule has 0 spiro atoms. The van der Waals surface area contributed by atoms with Gasteiger partial charge >= 0.3 is 24.4 Å². The number of rotatable bonds is 36. The largest absolute Gasteiger partial charge is 0.445 e. The van der Waals surface area contributed by atoms with E-state index in [1.54, 1.807) is 149 Å². The highest BCUT2D eigenvalue weighted by molar-refractivity contribution is 5.77. The van der Waals surface area contributed by atoms with Gasteiger partial charge in [-0.15, -0.1) is 0 Å². The Labute approximate surface area is 498 Å². The highest BCUT2D eigenvalue weighted by Crippen LogP contribution is 2.18. The zero-order chi connectivity index (χ0) is 63.8. The van der Waals surface area contributed by atoms with Crippen molar-refractivity contribution in [2.75, 3.05) is 98.9 Å². The summed E-state index contributed by atoms with van der Waals surface area (Å²) in [6.07, 6.45) is -3.09. The van der Waals surface area contributed by atoms with Crippen molar-refractivity contribution >= 4 is 42.1 Å². The molecule has 0 aliphatic heterocycles. The molecule has 1 aromatic carbocycles. The number of hydrogen-bond acceptors (Lipinski definition) is 20. The fraction of sp³-hybridized carbons (Fsp3) is 0.772. The average Bonchev–Trinajstić information content (AvgIpc) is 3.46. The molecule has 0 fully saturated rings. The summed E-state index contributed by atoms with van der Waals surface area (Å²) < 4.78 is 40.1. The second-order valence-electron chi connectivity index (χ2n) is 25.6. The smallest absolute Gasteiger partial charge is 0.435 e. The number of hydroxylamine groups is 6. The molecule has 1 rings (SSSR count). The van der Waals surface area contributed by atoms with Crippen LogP contribution in [0.2, 0.25) is 0 Å². The summed E-state index contributed by atoms with van der Waals surface area (Å²) in [5.74, 6) is -1.04. The molecule has 7 N–H and O–H groups in total. The van der Waals surface area contributed by atoms with Gasteiger partial charge in [-0.05, 0) is 130 Å². The molecule has 0 atom stereocenters. The average molecular weight is 1200 g/mol. The van der Waals surface area contributed by atoms with Crippen molar-refractivity contribution in [3.05, 3.63) is 35.9 Å². The molecular weight excluding hydrogens is 1100 g/mol. The molecule has 27 heteroatoms. The highest BCUT2D eigenvalue weighted by atomic mass is 16.8. The maximum absolute atomic E-state index is 13.6. The Kier molecular flexibility index (Phi) is 33.7. The molecule has 0 unspecified atom stereocenters. The minimum Gasteiger partial charge on any atom is -0.445 e. The molecule has 7 amide bonds. The first-order chi connectivity index (χ1) is 38.7. The summed E-state index contributed by atoms with van der Waals surface area (Å²) in [6.45, 7) is 32.2. The number of nitrogens with one attached hydrogen (secondary N) is 7. The number of carbonyl (C=O) groups is 7. The molecule has 0 saturated heterocycles. The van der Waals surface area contributed by atoms with Gasteiger partial charge in [0.25, 0.3) is 0 Å². The van der Waals surface area contributed by atoms with Crippen LogP contribution >= 0.6 is 0 Å². The van der Waals surface area contributed by atoms with E-state index in [0.717, 1.165) is 20.8 Å². The predicted molar refractivity (Wildman–Crippen MR) is 313 cm³/mol. The van der Waals surface area contributed by atoms with Gasteiger partial charge in [0.2, 0.25) is 17.7 Å². The van der Waals surface area contributed by atoms with Crippen molar-refractivity contribution < 1.29 is 81.2 Å². The molecule has 84 heavy (non-hydrogen) atoms. The summed E-state index contributed by atoms with van der Waals surface area (Å²) in [7, 11) is 0. The predicted octanol–water partition coefficient (Wildman–Crippen LogP) is 5.76. The maximum atomic E-state index is 13.6. The van der Waals surface area contributed by atoms with Gasteiger partial charge in [0, 0.05) is 58.5 Å². The molecule has 484 valence electrons. The Morgan fingerprint density at radius 2 is 0.702 bits per heavy atom. The van der Waals surface area contributed by atoms with Crippen LogP contribution in [0, 0.1) is 0 Å². The molecule has 27 nitrogen and oxygen atoms in total. The van der Waals surface area contributed by atoms with Crippen molar-refractivity contribution in [2.24, 2.45) is 0 Å². The van der Waals surface area contributed by atoms with Crippen LogP contribution in [-0.4, -0.2) is 195 Å². The molecule has 0 bridgehead atoms. The van der Waals surface area contributed by atoms with Crippen molar-refractivity contribution in [1.29, 1.82) is 0 Å². The molecule has 0 saturated carbocycles. The standard InChI is InChI=1S/C57H104N10O17/c1-51(2,3)79-48(72)65(82-54(10,11)12)40-58-27-30-61-44(68)24-33-75-37-57(64-47(71)78-36-43-22-20-19-21-23-43,38-76-34-25-45(69)62-31-28-59-41-66(83-55(13,14)15)49(73)80-52(4,5)6)39-77-35-26-46(70)63-32-29-60-42-67(84-56(16,17)18)50(74)81-53(7,8)9/h19-23,58-60H,24-42H2,1-18H3,(H,61,68)(H,62,69)(H,63,70)(H,64,71). The van der Waals surface area contributed by atoms with Crippen LogP contribution in [-0.2, 0) is 68.7 Å². The van der Waals surface area contributed by atoms with E-state index in [1.165, 1.54) is 0 Å². The molecule has 0 aliphatic carbocycles. The number of amides is 7. The third-order valence-electron chi connectivity index (χ3n) is 9.72. The van der Waals surface area contributed by atoms with Crippen molar-refractivity contribution in [3.63, 3.8) is 0 Å². The Hall–Kier alpha value is -5.65. The first-order valence-electron chi connectivity index (χ1n) is 28.5. The number of nitrogens with zero attached hydrogens (tertiary/aromatic N) is 3. The van der Waals surface area contributed by atoms with E-state index < -0.39 is 63.5 Å². The van der Waals surface area contributed by atoms with E-state index >= 15 is 0 Å². The van der Waals surface area contributed by atoms with Crippen LogP contribution in [0.15, 0.2) is 30.3 Å². The first-order valence-corrected chi connectivity index (χ1v) is 28.5. The van der Waals surface area contributed by atoms with Gasteiger partial charge < -0.3 is 54.4 Å². The summed E-state index contributed by atoms with van der Waals surface area (Å²) in [6, 6.07) is 9.02. The lowest BCUT2D eigenvalue weighted by Gasteiger charge is -2.33. The van der Waals surface area contributed by atoms with Crippen LogP contribution in [0.1, 0.15) is 149 Å². The Bertz CT molecular complexity index is 1930. The van der Waals surface area contributed by atoms with Crippen LogP contribution in [0.5, 0.6) is 0 Å². The minimum atomic E-state index is -1.48. The number of carbonyl (C=O) groups excluding carboxylic acids is 7. The zero-order valence-electron chi connectivity index (χ0n) is 53.6. The normalized spacial score (nSPS) is 12.4. The fourth-order valence-electron chi connectivity index (χ4n) is 6.52. The molecule has 0 aliphatic rings. The van der Waals surface area contributed by atoms with Gasteiger partial charge in [-0.3, -0.25) is 44.8 Å². The van der Waals surface area contributed by atoms with Crippen molar-refractivity contribution in [2.45, 2.75) is 190 Å². The quantitative estimate of drug-likeness (QED) is 0.0182. The second-order valence-corrected chi connectivity index (χ2v) is 25.6. The number of hydrogen-bond donors (Lipinski definition) is 7. The minimum absolute atomic E-state index is 0.0136.